The van der Waals surface area contributed by atoms with E-state index in [1.165, 1.54) is 4.68 Å². The Kier molecular flexibility index (Phi) is 3.78. The highest BCUT2D eigenvalue weighted by Gasteiger charge is 2.08. The van der Waals surface area contributed by atoms with Gasteiger partial charge in [0, 0.05) is 11.6 Å². The first-order chi connectivity index (χ1) is 10.5. The molecule has 0 saturated heterocycles. The first kappa shape index (κ1) is 14.5. The van der Waals surface area contributed by atoms with Gasteiger partial charge < -0.3 is 4.55 Å². The number of para-hydroxylation sites is 2. The van der Waals surface area contributed by atoms with Gasteiger partial charge in [0.25, 0.3) is 0 Å². The quantitative estimate of drug-likeness (QED) is 0.514. The van der Waals surface area contributed by atoms with E-state index in [1.807, 2.05) is 24.3 Å². The predicted molar refractivity (Wildman–Crippen MR) is 77.5 cm³/mol. The number of hydrogen-bond donors (Lipinski definition) is 0. The first-order valence-electron chi connectivity index (χ1n) is 6.53. The van der Waals surface area contributed by atoms with E-state index < -0.39 is 15.9 Å². The second-order valence-corrected chi connectivity index (χ2v) is 6.21. The van der Waals surface area contributed by atoms with Crippen LogP contribution in [-0.2, 0) is 16.7 Å². The Hall–Kier alpha value is -2.45. The maximum absolute atomic E-state index is 10.6. The smallest absolute Gasteiger partial charge is 0.197 e. The molecular formula is C14H12N4O3S. The maximum atomic E-state index is 10.6. The highest BCUT2D eigenvalue weighted by atomic mass is 32.2. The van der Waals surface area contributed by atoms with Crippen molar-refractivity contribution in [3.8, 4) is 11.3 Å². The highest BCUT2D eigenvalue weighted by molar-refractivity contribution is 7.85. The minimum absolute atomic E-state index is 0.0233. The van der Waals surface area contributed by atoms with E-state index >= 15 is 0 Å². The molecule has 0 aliphatic heterocycles. The van der Waals surface area contributed by atoms with Gasteiger partial charge in [-0.15, -0.1) is 0 Å². The van der Waals surface area contributed by atoms with Crippen LogP contribution in [0.5, 0.6) is 0 Å². The van der Waals surface area contributed by atoms with Crippen LogP contribution < -0.4 is 4.68 Å². The molecule has 0 radical (unpaired) electrons. The van der Waals surface area contributed by atoms with Gasteiger partial charge in [-0.1, -0.05) is 16.8 Å². The minimum atomic E-state index is -4.24. The Morgan fingerprint density at radius 1 is 1.09 bits per heavy atom. The van der Waals surface area contributed by atoms with Crippen LogP contribution in [0.15, 0.2) is 48.9 Å². The molecule has 112 valence electrons. The topological polar surface area (TPSA) is 99.8 Å². The lowest BCUT2D eigenvalue weighted by molar-refractivity contribution is -0.750. The molecule has 0 saturated carbocycles. The summed E-state index contributed by atoms with van der Waals surface area (Å²) in [6.07, 6.45) is 4.83. The second kappa shape index (κ2) is 5.74. The van der Waals surface area contributed by atoms with Gasteiger partial charge >= 0.3 is 0 Å². The number of aromatic nitrogens is 4. The molecule has 2 heterocycles. The summed E-state index contributed by atoms with van der Waals surface area (Å²) < 4.78 is 33.2. The Morgan fingerprint density at radius 2 is 1.86 bits per heavy atom. The van der Waals surface area contributed by atoms with Gasteiger partial charge in [-0.3, -0.25) is 4.98 Å². The van der Waals surface area contributed by atoms with E-state index in [9.17, 15) is 13.0 Å². The lowest BCUT2D eigenvalue weighted by atomic mass is 10.2. The van der Waals surface area contributed by atoms with Crippen LogP contribution in [-0.4, -0.2) is 33.8 Å². The van der Waals surface area contributed by atoms with Crippen molar-refractivity contribution in [3.05, 3.63) is 48.9 Å². The van der Waals surface area contributed by atoms with Crippen molar-refractivity contribution in [2.24, 2.45) is 0 Å². The average Bonchev–Trinajstić information content (AvgIpc) is 2.52. The third-order valence-corrected chi connectivity index (χ3v) is 3.77. The Labute approximate surface area is 127 Å². The zero-order valence-corrected chi connectivity index (χ0v) is 12.3. The fourth-order valence-corrected chi connectivity index (χ4v) is 2.38. The molecule has 0 N–H and O–H groups in total. The van der Waals surface area contributed by atoms with Crippen molar-refractivity contribution in [2.45, 2.75) is 6.54 Å². The molecule has 0 aliphatic carbocycles. The molecule has 0 unspecified atom stereocenters. The molecule has 0 aliphatic rings. The monoisotopic (exact) mass is 316 g/mol. The van der Waals surface area contributed by atoms with Crippen molar-refractivity contribution in [2.75, 3.05) is 5.75 Å². The van der Waals surface area contributed by atoms with E-state index in [2.05, 4.69) is 15.1 Å². The molecule has 1 aromatic carbocycles. The molecule has 0 bridgehead atoms. The number of rotatable bonds is 4. The molecule has 8 heteroatoms. The number of hydrogen-bond acceptors (Lipinski definition) is 6. The largest absolute Gasteiger partial charge is 0.748 e. The van der Waals surface area contributed by atoms with Crippen LogP contribution in [0.1, 0.15) is 0 Å². The van der Waals surface area contributed by atoms with Crippen LogP contribution in [0.4, 0.5) is 0 Å². The molecule has 22 heavy (non-hydrogen) atoms. The van der Waals surface area contributed by atoms with E-state index in [-0.39, 0.29) is 6.54 Å². The van der Waals surface area contributed by atoms with Gasteiger partial charge in [0.05, 0.1) is 28.7 Å². The summed E-state index contributed by atoms with van der Waals surface area (Å²) in [6.45, 7) is 0.0233. The van der Waals surface area contributed by atoms with Crippen LogP contribution in [0.25, 0.3) is 22.3 Å². The third kappa shape index (κ3) is 3.41. The summed E-state index contributed by atoms with van der Waals surface area (Å²) in [4.78, 5) is 8.83. The Balaban J connectivity index is 1.84. The van der Waals surface area contributed by atoms with Crippen molar-refractivity contribution >= 4 is 21.2 Å². The molecule has 0 atom stereocenters. The normalized spacial score (nSPS) is 11.7. The van der Waals surface area contributed by atoms with Gasteiger partial charge in [0.1, 0.15) is 16.3 Å². The van der Waals surface area contributed by atoms with Crippen LogP contribution in [0.2, 0.25) is 0 Å². The predicted octanol–water partition coefficient (Wildman–Crippen LogP) is 0.525. The summed E-state index contributed by atoms with van der Waals surface area (Å²) in [6, 6.07) is 9.30. The number of nitrogens with zero attached hydrogens (tertiary/aromatic N) is 4. The number of benzene rings is 1. The van der Waals surface area contributed by atoms with E-state index in [1.54, 1.807) is 24.7 Å². The molecule has 0 fully saturated rings. The highest BCUT2D eigenvalue weighted by Crippen LogP contribution is 2.16. The molecule has 2 aromatic heterocycles. The summed E-state index contributed by atoms with van der Waals surface area (Å²) in [5.41, 5.74) is 3.04. The van der Waals surface area contributed by atoms with Gasteiger partial charge in [-0.25, -0.2) is 13.4 Å². The summed E-state index contributed by atoms with van der Waals surface area (Å²) in [5, 5.41) is 4.08. The van der Waals surface area contributed by atoms with E-state index in [0.29, 0.717) is 5.69 Å². The van der Waals surface area contributed by atoms with Gasteiger partial charge in [-0.2, -0.15) is 0 Å². The van der Waals surface area contributed by atoms with Crippen molar-refractivity contribution in [1.82, 2.24) is 15.1 Å². The molecular weight excluding hydrogens is 304 g/mol. The first-order valence-corrected chi connectivity index (χ1v) is 8.10. The van der Waals surface area contributed by atoms with Gasteiger partial charge in [0.15, 0.2) is 12.7 Å². The lowest BCUT2D eigenvalue weighted by Crippen LogP contribution is -2.40. The maximum Gasteiger partial charge on any atom is 0.197 e. The molecule has 7 nitrogen and oxygen atoms in total. The van der Waals surface area contributed by atoms with Gasteiger partial charge in [0.2, 0.25) is 0 Å². The molecule has 3 rings (SSSR count). The minimum Gasteiger partial charge on any atom is -0.748 e. The second-order valence-electron chi connectivity index (χ2n) is 4.68. The molecule has 0 spiro atoms. The summed E-state index contributed by atoms with van der Waals surface area (Å²) in [7, 11) is -4.24. The van der Waals surface area contributed by atoms with Crippen molar-refractivity contribution in [1.29, 1.82) is 0 Å². The fourth-order valence-electron chi connectivity index (χ4n) is 1.97. The summed E-state index contributed by atoms with van der Waals surface area (Å²) >= 11 is 0. The van der Waals surface area contributed by atoms with Crippen LogP contribution in [0, 0.1) is 0 Å². The van der Waals surface area contributed by atoms with Crippen LogP contribution >= 0.6 is 0 Å². The lowest BCUT2D eigenvalue weighted by Gasteiger charge is -2.03. The third-order valence-electron chi connectivity index (χ3n) is 3.09. The zero-order chi connectivity index (χ0) is 15.6. The van der Waals surface area contributed by atoms with Crippen molar-refractivity contribution < 1.29 is 17.7 Å². The number of fused-ring (bicyclic) bond motifs is 1. The Morgan fingerprint density at radius 3 is 2.55 bits per heavy atom. The van der Waals surface area contributed by atoms with Gasteiger partial charge in [-0.05, 0) is 17.2 Å². The fraction of sp³-hybridized carbons (Fsp3) is 0.143. The standard InChI is InChI=1S/C14H12N4O3S/c19-22(20,21)8-7-18-6-5-11(9-16-18)14-10-15-12-3-1-2-4-13(12)17-14/h1-6,9-10H,7-8H2. The molecule has 3 aromatic rings. The van der Waals surface area contributed by atoms with E-state index in [0.717, 1.165) is 16.6 Å². The van der Waals surface area contributed by atoms with Crippen molar-refractivity contribution in [3.63, 3.8) is 0 Å². The number of aryl methyl sites for hydroxylation is 1. The Bertz CT molecular complexity index is 911. The summed E-state index contributed by atoms with van der Waals surface area (Å²) in [5.74, 6) is -0.486. The SMILES string of the molecule is O=S(=O)([O-])CC[n+]1ccc(-c2cnc3ccccc3n2)cn1. The van der Waals surface area contributed by atoms with Crippen LogP contribution in [0.3, 0.4) is 0 Å². The average molecular weight is 316 g/mol. The zero-order valence-electron chi connectivity index (χ0n) is 11.5. The molecule has 0 amide bonds. The van der Waals surface area contributed by atoms with E-state index in [4.69, 9.17) is 0 Å².